The molecule has 0 N–H and O–H groups in total. The SMILES string of the molecule is c1ccc(CCN=c2sc3nc4ccccc4nc3n2CCc2ccccc2)cc1. The van der Waals surface area contributed by atoms with Crippen LogP contribution in [0.3, 0.4) is 0 Å². The van der Waals surface area contributed by atoms with Crippen LogP contribution >= 0.6 is 11.3 Å². The number of aromatic nitrogens is 3. The average molecular weight is 411 g/mol. The highest BCUT2D eigenvalue weighted by Gasteiger charge is 2.11. The Hall–Kier alpha value is -3.31. The molecule has 0 spiro atoms. The van der Waals surface area contributed by atoms with Crippen LogP contribution in [0.2, 0.25) is 0 Å². The maximum absolute atomic E-state index is 4.94. The first-order chi connectivity index (χ1) is 14.9. The summed E-state index contributed by atoms with van der Waals surface area (Å²) in [6.07, 6.45) is 1.86. The summed E-state index contributed by atoms with van der Waals surface area (Å²) in [5.41, 5.74) is 5.39. The van der Waals surface area contributed by atoms with E-state index in [1.54, 1.807) is 11.3 Å². The summed E-state index contributed by atoms with van der Waals surface area (Å²) in [6.45, 7) is 1.59. The second kappa shape index (κ2) is 8.59. The standard InChI is InChI=1S/C25H22N4S/c1-3-9-19(10-4-1)15-17-26-25-29(18-16-20-11-5-2-6-12-20)23-24(30-25)28-22-14-8-7-13-21(22)27-23/h1-14H,15-18H2. The molecule has 0 amide bonds. The van der Waals surface area contributed by atoms with Gasteiger partial charge >= 0.3 is 0 Å². The van der Waals surface area contributed by atoms with Gasteiger partial charge in [-0.15, -0.1) is 0 Å². The molecule has 0 fully saturated rings. The first-order valence-corrected chi connectivity index (χ1v) is 11.0. The van der Waals surface area contributed by atoms with E-state index in [1.165, 1.54) is 11.1 Å². The fraction of sp³-hybridized carbons (Fsp3) is 0.160. The molecule has 0 aliphatic rings. The number of aryl methyl sites for hydroxylation is 2. The van der Waals surface area contributed by atoms with Crippen molar-refractivity contribution < 1.29 is 0 Å². The van der Waals surface area contributed by atoms with Crippen LogP contribution < -0.4 is 4.80 Å². The third-order valence-electron chi connectivity index (χ3n) is 5.15. The number of para-hydroxylation sites is 2. The van der Waals surface area contributed by atoms with E-state index >= 15 is 0 Å². The van der Waals surface area contributed by atoms with E-state index in [9.17, 15) is 0 Å². The molecular formula is C25H22N4S. The lowest BCUT2D eigenvalue weighted by molar-refractivity contribution is 0.685. The van der Waals surface area contributed by atoms with Crippen LogP contribution in [0.5, 0.6) is 0 Å². The molecule has 148 valence electrons. The maximum atomic E-state index is 4.94. The van der Waals surface area contributed by atoms with Gasteiger partial charge in [0.15, 0.2) is 15.3 Å². The van der Waals surface area contributed by atoms with Crippen molar-refractivity contribution in [2.45, 2.75) is 19.4 Å². The lowest BCUT2D eigenvalue weighted by Gasteiger charge is -2.06. The van der Waals surface area contributed by atoms with Gasteiger partial charge < -0.3 is 0 Å². The molecule has 5 aromatic rings. The highest BCUT2D eigenvalue weighted by Crippen LogP contribution is 2.18. The Morgan fingerprint density at radius 3 is 2.00 bits per heavy atom. The topological polar surface area (TPSA) is 43.1 Å². The number of rotatable bonds is 6. The molecule has 0 radical (unpaired) electrons. The Labute approximate surface area is 179 Å². The molecule has 0 atom stereocenters. The van der Waals surface area contributed by atoms with E-state index in [2.05, 4.69) is 59.2 Å². The fourth-order valence-electron chi connectivity index (χ4n) is 3.58. The van der Waals surface area contributed by atoms with Gasteiger partial charge in [0, 0.05) is 13.1 Å². The van der Waals surface area contributed by atoms with E-state index in [4.69, 9.17) is 15.0 Å². The van der Waals surface area contributed by atoms with Gasteiger partial charge in [-0.1, -0.05) is 84.1 Å². The van der Waals surface area contributed by atoms with Gasteiger partial charge in [-0.2, -0.15) is 0 Å². The van der Waals surface area contributed by atoms with Crippen LogP contribution in [-0.2, 0) is 19.4 Å². The Morgan fingerprint density at radius 1 is 0.700 bits per heavy atom. The number of hydrogen-bond acceptors (Lipinski definition) is 4. The Bertz CT molecular complexity index is 1340. The number of fused-ring (bicyclic) bond motifs is 2. The molecular weight excluding hydrogens is 388 g/mol. The molecule has 0 unspecified atom stereocenters. The van der Waals surface area contributed by atoms with Crippen molar-refractivity contribution in [3.05, 3.63) is 101 Å². The molecule has 0 aliphatic carbocycles. The van der Waals surface area contributed by atoms with Crippen LogP contribution in [0.25, 0.3) is 21.5 Å². The molecule has 2 heterocycles. The van der Waals surface area contributed by atoms with Gasteiger partial charge in [-0.3, -0.25) is 9.56 Å². The van der Waals surface area contributed by atoms with Gasteiger partial charge in [-0.25, -0.2) is 9.97 Å². The minimum atomic E-state index is 0.752. The molecule has 0 bridgehead atoms. The van der Waals surface area contributed by atoms with Gasteiger partial charge in [0.1, 0.15) is 0 Å². The quantitative estimate of drug-likeness (QED) is 0.394. The zero-order valence-electron chi connectivity index (χ0n) is 16.6. The Morgan fingerprint density at radius 2 is 1.30 bits per heavy atom. The number of hydrogen-bond donors (Lipinski definition) is 0. The molecule has 0 saturated heterocycles. The highest BCUT2D eigenvalue weighted by atomic mass is 32.1. The third kappa shape index (κ3) is 4.02. The number of benzene rings is 3. The highest BCUT2D eigenvalue weighted by molar-refractivity contribution is 7.15. The predicted octanol–water partition coefficient (Wildman–Crippen LogP) is 5.03. The predicted molar refractivity (Wildman–Crippen MR) is 124 cm³/mol. The van der Waals surface area contributed by atoms with E-state index in [0.29, 0.717) is 0 Å². The maximum Gasteiger partial charge on any atom is 0.188 e. The van der Waals surface area contributed by atoms with Crippen LogP contribution in [0.4, 0.5) is 0 Å². The molecule has 0 saturated carbocycles. The van der Waals surface area contributed by atoms with Crippen molar-refractivity contribution in [3.8, 4) is 0 Å². The van der Waals surface area contributed by atoms with Crippen LogP contribution in [0.15, 0.2) is 89.9 Å². The summed E-state index contributed by atoms with van der Waals surface area (Å²) in [5.74, 6) is 0. The normalized spacial score (nSPS) is 12.1. The van der Waals surface area contributed by atoms with Crippen molar-refractivity contribution in [1.82, 2.24) is 14.5 Å². The zero-order valence-corrected chi connectivity index (χ0v) is 17.4. The fourth-order valence-corrected chi connectivity index (χ4v) is 4.59. The van der Waals surface area contributed by atoms with Gasteiger partial charge in [0.05, 0.1) is 11.0 Å². The number of thiazole rings is 1. The van der Waals surface area contributed by atoms with Gasteiger partial charge in [0.2, 0.25) is 0 Å². The van der Waals surface area contributed by atoms with Gasteiger partial charge in [0.25, 0.3) is 0 Å². The lowest BCUT2D eigenvalue weighted by atomic mass is 10.1. The third-order valence-corrected chi connectivity index (χ3v) is 6.15. The summed E-state index contributed by atoms with van der Waals surface area (Å²) < 4.78 is 2.23. The Kier molecular flexibility index (Phi) is 5.36. The van der Waals surface area contributed by atoms with E-state index in [1.807, 2.05) is 30.3 Å². The van der Waals surface area contributed by atoms with Gasteiger partial charge in [-0.05, 0) is 36.1 Å². The van der Waals surface area contributed by atoms with Crippen molar-refractivity contribution in [2.24, 2.45) is 4.99 Å². The van der Waals surface area contributed by atoms with Crippen molar-refractivity contribution in [3.63, 3.8) is 0 Å². The second-order valence-electron chi connectivity index (χ2n) is 7.23. The monoisotopic (exact) mass is 410 g/mol. The van der Waals surface area contributed by atoms with E-state index < -0.39 is 0 Å². The molecule has 4 nitrogen and oxygen atoms in total. The largest absolute Gasteiger partial charge is 0.300 e. The summed E-state index contributed by atoms with van der Waals surface area (Å²) in [6, 6.07) is 29.1. The average Bonchev–Trinajstić information content (AvgIpc) is 3.13. The molecule has 5 heteroatoms. The van der Waals surface area contributed by atoms with Crippen molar-refractivity contribution in [1.29, 1.82) is 0 Å². The van der Waals surface area contributed by atoms with E-state index in [-0.39, 0.29) is 0 Å². The minimum Gasteiger partial charge on any atom is -0.300 e. The number of nitrogens with zero attached hydrogens (tertiary/aromatic N) is 4. The molecule has 3 aromatic carbocycles. The minimum absolute atomic E-state index is 0.752. The molecule has 5 rings (SSSR count). The smallest absolute Gasteiger partial charge is 0.188 e. The Balaban J connectivity index is 1.53. The van der Waals surface area contributed by atoms with Crippen LogP contribution in [-0.4, -0.2) is 21.1 Å². The van der Waals surface area contributed by atoms with Crippen LogP contribution in [0.1, 0.15) is 11.1 Å². The van der Waals surface area contributed by atoms with Crippen molar-refractivity contribution >= 4 is 32.8 Å². The summed E-state index contributed by atoms with van der Waals surface area (Å²) in [7, 11) is 0. The molecule has 2 aromatic heterocycles. The van der Waals surface area contributed by atoms with E-state index in [0.717, 1.165) is 52.2 Å². The molecule has 30 heavy (non-hydrogen) atoms. The molecule has 0 aliphatic heterocycles. The van der Waals surface area contributed by atoms with Crippen molar-refractivity contribution in [2.75, 3.05) is 6.54 Å². The summed E-state index contributed by atoms with van der Waals surface area (Å²) in [4.78, 5) is 16.7. The zero-order chi connectivity index (χ0) is 20.2. The first-order valence-electron chi connectivity index (χ1n) is 10.2. The second-order valence-corrected chi connectivity index (χ2v) is 8.19. The first kappa shape index (κ1) is 18.7. The summed E-state index contributed by atoms with van der Waals surface area (Å²) >= 11 is 1.63. The van der Waals surface area contributed by atoms with Crippen LogP contribution in [0, 0.1) is 0 Å². The lowest BCUT2D eigenvalue weighted by Crippen LogP contribution is -2.17. The summed E-state index contributed by atoms with van der Waals surface area (Å²) in [5, 5.41) is 0.